The Balaban J connectivity index is 1.94. The highest BCUT2D eigenvalue weighted by molar-refractivity contribution is 6.42. The zero-order valence-corrected chi connectivity index (χ0v) is 13.8. The van der Waals surface area contributed by atoms with Gasteiger partial charge in [-0.15, -0.1) is 0 Å². The number of benzodiazepines with no additional fused rings is 1. The van der Waals surface area contributed by atoms with Gasteiger partial charge in [-0.25, -0.2) is 0 Å². The molecule has 22 heavy (non-hydrogen) atoms. The molecule has 0 radical (unpaired) electrons. The lowest BCUT2D eigenvalue weighted by atomic mass is 10.1. The van der Waals surface area contributed by atoms with Crippen molar-refractivity contribution in [2.45, 2.75) is 0 Å². The second kappa shape index (κ2) is 6.55. The molecule has 0 N–H and O–H groups in total. The Morgan fingerprint density at radius 2 is 1.86 bits per heavy atom. The van der Waals surface area contributed by atoms with Crippen molar-refractivity contribution in [2.75, 3.05) is 25.0 Å². The minimum absolute atomic E-state index is 0.562. The molecule has 2 nitrogen and oxygen atoms in total. The molecule has 1 aliphatic rings. The van der Waals surface area contributed by atoms with Gasteiger partial charge in [0.2, 0.25) is 0 Å². The number of halogens is 2. The first-order valence-corrected chi connectivity index (χ1v) is 7.89. The molecule has 1 heterocycles. The summed E-state index contributed by atoms with van der Waals surface area (Å²) in [7, 11) is 2.10. The maximum absolute atomic E-state index is 6.06. The van der Waals surface area contributed by atoms with Crippen LogP contribution in [0.15, 0.2) is 53.5 Å². The van der Waals surface area contributed by atoms with Crippen LogP contribution in [0.3, 0.4) is 0 Å². The van der Waals surface area contributed by atoms with E-state index in [1.807, 2.05) is 30.4 Å². The van der Waals surface area contributed by atoms with E-state index in [4.69, 9.17) is 28.2 Å². The number of aliphatic imine (C=N–C) groups is 1. The number of likely N-dealkylation sites (N-methyl/N-ethyl adjacent to an activating group) is 1. The summed E-state index contributed by atoms with van der Waals surface area (Å²) in [5.41, 5.74) is 4.36. The van der Waals surface area contributed by atoms with E-state index < -0.39 is 0 Å². The zero-order valence-electron chi connectivity index (χ0n) is 12.3. The molecule has 0 unspecified atom stereocenters. The molecule has 2 aromatic carbocycles. The van der Waals surface area contributed by atoms with Gasteiger partial charge in [-0.1, -0.05) is 53.5 Å². The van der Waals surface area contributed by atoms with Crippen molar-refractivity contribution in [3.8, 4) is 0 Å². The SMILES string of the molecule is CN1CCN=C(/C=C/c2ccc(Cl)c(Cl)c2)c2ccccc21. The molecule has 0 amide bonds. The molecule has 0 atom stereocenters. The minimum atomic E-state index is 0.562. The third-order valence-electron chi connectivity index (χ3n) is 3.69. The average Bonchev–Trinajstić information content (AvgIpc) is 2.68. The smallest absolute Gasteiger partial charge is 0.0668 e. The monoisotopic (exact) mass is 330 g/mol. The highest BCUT2D eigenvalue weighted by atomic mass is 35.5. The Hall–Kier alpha value is -1.77. The van der Waals surface area contributed by atoms with E-state index in [1.54, 1.807) is 6.07 Å². The largest absolute Gasteiger partial charge is 0.372 e. The van der Waals surface area contributed by atoms with Gasteiger partial charge in [0.05, 0.1) is 22.3 Å². The van der Waals surface area contributed by atoms with Gasteiger partial charge in [0.25, 0.3) is 0 Å². The van der Waals surface area contributed by atoms with Crippen LogP contribution in [0.2, 0.25) is 10.0 Å². The van der Waals surface area contributed by atoms with Gasteiger partial charge in [-0.3, -0.25) is 4.99 Å². The number of anilines is 1. The van der Waals surface area contributed by atoms with Gasteiger partial charge in [0.15, 0.2) is 0 Å². The molecular weight excluding hydrogens is 315 g/mol. The van der Waals surface area contributed by atoms with Gasteiger partial charge >= 0.3 is 0 Å². The van der Waals surface area contributed by atoms with Crippen LogP contribution in [0.25, 0.3) is 6.08 Å². The van der Waals surface area contributed by atoms with Gasteiger partial charge in [0.1, 0.15) is 0 Å². The Bertz CT molecular complexity index is 751. The maximum atomic E-state index is 6.06. The Kier molecular flexibility index (Phi) is 4.51. The molecule has 0 bridgehead atoms. The van der Waals surface area contributed by atoms with Crippen molar-refractivity contribution in [1.29, 1.82) is 0 Å². The van der Waals surface area contributed by atoms with Crippen LogP contribution in [-0.4, -0.2) is 25.8 Å². The van der Waals surface area contributed by atoms with Crippen LogP contribution < -0.4 is 4.90 Å². The fraction of sp³-hybridized carbons (Fsp3) is 0.167. The van der Waals surface area contributed by atoms with Crippen molar-refractivity contribution in [1.82, 2.24) is 0 Å². The molecule has 1 aliphatic heterocycles. The Labute approximate surface area is 140 Å². The summed E-state index contributed by atoms with van der Waals surface area (Å²) in [4.78, 5) is 6.93. The summed E-state index contributed by atoms with van der Waals surface area (Å²) in [6.45, 7) is 1.70. The summed E-state index contributed by atoms with van der Waals surface area (Å²) in [5, 5.41) is 1.13. The Morgan fingerprint density at radius 1 is 1.05 bits per heavy atom. The number of rotatable bonds is 2. The second-order valence-corrected chi connectivity index (χ2v) is 6.03. The maximum Gasteiger partial charge on any atom is 0.0668 e. The molecule has 4 heteroatoms. The topological polar surface area (TPSA) is 15.6 Å². The predicted molar refractivity (Wildman–Crippen MR) is 96.6 cm³/mol. The molecule has 0 aromatic heterocycles. The standard InChI is InChI=1S/C18H16Cl2N2/c1-22-11-10-21-17(14-4-2-3-5-18(14)22)9-7-13-6-8-15(19)16(20)12-13/h2-9,12H,10-11H2,1H3/b9-7+. The quantitative estimate of drug-likeness (QED) is 0.760. The van der Waals surface area contributed by atoms with Crippen molar-refractivity contribution in [2.24, 2.45) is 4.99 Å². The van der Waals surface area contributed by atoms with Crippen LogP contribution >= 0.6 is 23.2 Å². The first kappa shape index (κ1) is 15.1. The van der Waals surface area contributed by atoms with Gasteiger partial charge in [-0.05, 0) is 29.8 Å². The van der Waals surface area contributed by atoms with E-state index in [9.17, 15) is 0 Å². The van der Waals surface area contributed by atoms with E-state index in [0.29, 0.717) is 10.0 Å². The molecule has 112 valence electrons. The predicted octanol–water partition coefficient (Wildman–Crippen LogP) is 4.95. The molecule has 0 saturated heterocycles. The highest BCUT2D eigenvalue weighted by Crippen LogP contribution is 2.25. The minimum Gasteiger partial charge on any atom is -0.372 e. The average molecular weight is 331 g/mol. The number of benzene rings is 2. The highest BCUT2D eigenvalue weighted by Gasteiger charge is 2.13. The van der Waals surface area contributed by atoms with Crippen LogP contribution in [0.1, 0.15) is 11.1 Å². The van der Waals surface area contributed by atoms with Crippen LogP contribution in [0.5, 0.6) is 0 Å². The third kappa shape index (κ3) is 3.18. The van der Waals surface area contributed by atoms with Gasteiger partial charge in [-0.2, -0.15) is 0 Å². The number of nitrogens with zero attached hydrogens (tertiary/aromatic N) is 2. The van der Waals surface area contributed by atoms with Crippen LogP contribution in [-0.2, 0) is 0 Å². The number of hydrogen-bond donors (Lipinski definition) is 0. The van der Waals surface area contributed by atoms with E-state index in [2.05, 4.69) is 30.1 Å². The van der Waals surface area contributed by atoms with E-state index in [0.717, 1.165) is 29.9 Å². The third-order valence-corrected chi connectivity index (χ3v) is 4.43. The molecule has 0 saturated carbocycles. The molecule has 0 fully saturated rings. The second-order valence-electron chi connectivity index (χ2n) is 5.21. The van der Waals surface area contributed by atoms with E-state index >= 15 is 0 Å². The van der Waals surface area contributed by atoms with Crippen molar-refractivity contribution >= 4 is 40.7 Å². The van der Waals surface area contributed by atoms with Crippen molar-refractivity contribution < 1.29 is 0 Å². The molecule has 2 aromatic rings. The fourth-order valence-corrected chi connectivity index (χ4v) is 2.79. The molecule has 0 spiro atoms. The number of hydrogen-bond acceptors (Lipinski definition) is 2. The molecule has 3 rings (SSSR count). The normalized spacial score (nSPS) is 14.7. The lowest BCUT2D eigenvalue weighted by molar-refractivity contribution is 0.897. The summed E-state index contributed by atoms with van der Waals surface area (Å²) < 4.78 is 0. The van der Waals surface area contributed by atoms with E-state index in [1.165, 1.54) is 5.69 Å². The van der Waals surface area contributed by atoms with Crippen LogP contribution in [0.4, 0.5) is 5.69 Å². The number of fused-ring (bicyclic) bond motifs is 1. The van der Waals surface area contributed by atoms with E-state index in [-0.39, 0.29) is 0 Å². The molecular formula is C18H16Cl2N2. The first-order chi connectivity index (χ1) is 10.6. The number of allylic oxidation sites excluding steroid dienone is 1. The summed E-state index contributed by atoms with van der Waals surface area (Å²) in [6.07, 6.45) is 4.06. The zero-order chi connectivity index (χ0) is 15.5. The fourth-order valence-electron chi connectivity index (χ4n) is 2.48. The van der Waals surface area contributed by atoms with Crippen molar-refractivity contribution in [3.05, 3.63) is 69.7 Å². The van der Waals surface area contributed by atoms with Crippen molar-refractivity contribution in [3.63, 3.8) is 0 Å². The van der Waals surface area contributed by atoms with Gasteiger partial charge < -0.3 is 4.90 Å². The molecule has 0 aliphatic carbocycles. The Morgan fingerprint density at radius 3 is 2.68 bits per heavy atom. The summed E-state index contributed by atoms with van der Waals surface area (Å²) in [6, 6.07) is 13.9. The number of para-hydroxylation sites is 1. The van der Waals surface area contributed by atoms with Gasteiger partial charge in [0, 0.05) is 24.8 Å². The lowest BCUT2D eigenvalue weighted by Gasteiger charge is -2.18. The summed E-state index contributed by atoms with van der Waals surface area (Å²) in [5.74, 6) is 0. The van der Waals surface area contributed by atoms with Crippen LogP contribution in [0, 0.1) is 0 Å². The lowest BCUT2D eigenvalue weighted by Crippen LogP contribution is -2.20. The first-order valence-electron chi connectivity index (χ1n) is 7.13. The summed E-state index contributed by atoms with van der Waals surface area (Å²) >= 11 is 12.0.